The standard InChI is InChI=1S/C49H31N3O2/c1-2-12-31(13-3-1)36-19-9-20-38-45-40(22-11-25-43(45)54-46(36)38)49-51-47(33-28-26-32(27-29-33)35-18-8-15-30-14-4-5-16-34(30)35)50-48(52-49)39-21-10-24-42-44(39)37-17-6-7-23-41(37)53-42/h1-10,12-24,26-29H,11,25H2. The highest BCUT2D eigenvalue weighted by atomic mass is 16.3. The Balaban J connectivity index is 1.11. The Kier molecular flexibility index (Phi) is 6.92. The van der Waals surface area contributed by atoms with E-state index in [-0.39, 0.29) is 0 Å². The summed E-state index contributed by atoms with van der Waals surface area (Å²) in [4.78, 5) is 15.7. The van der Waals surface area contributed by atoms with Gasteiger partial charge in [-0.25, -0.2) is 15.0 Å². The summed E-state index contributed by atoms with van der Waals surface area (Å²) in [5, 5.41) is 5.51. The van der Waals surface area contributed by atoms with Crippen LogP contribution in [0.4, 0.5) is 0 Å². The molecular weight excluding hydrogens is 663 g/mol. The van der Waals surface area contributed by atoms with Crippen LogP contribution in [-0.4, -0.2) is 15.0 Å². The van der Waals surface area contributed by atoms with Crippen LogP contribution in [0.1, 0.15) is 23.6 Å². The van der Waals surface area contributed by atoms with Gasteiger partial charge < -0.3 is 8.83 Å². The minimum absolute atomic E-state index is 0.594. The van der Waals surface area contributed by atoms with Gasteiger partial charge in [-0.2, -0.15) is 0 Å². The molecule has 0 bridgehead atoms. The monoisotopic (exact) mass is 693 g/mol. The fourth-order valence-electron chi connectivity index (χ4n) is 8.12. The third-order valence-corrected chi connectivity index (χ3v) is 10.6. The number of benzene rings is 7. The predicted octanol–water partition coefficient (Wildman–Crippen LogP) is 12.7. The van der Waals surface area contributed by atoms with Crippen molar-refractivity contribution in [2.45, 2.75) is 12.8 Å². The van der Waals surface area contributed by atoms with E-state index in [1.165, 1.54) is 16.3 Å². The zero-order valence-corrected chi connectivity index (χ0v) is 29.2. The fourth-order valence-corrected chi connectivity index (χ4v) is 8.12. The lowest BCUT2D eigenvalue weighted by Gasteiger charge is -2.15. The van der Waals surface area contributed by atoms with Crippen molar-refractivity contribution in [1.82, 2.24) is 15.0 Å². The Bertz CT molecular complexity index is 3090. The second-order valence-electron chi connectivity index (χ2n) is 13.8. The van der Waals surface area contributed by atoms with Gasteiger partial charge in [-0.1, -0.05) is 152 Å². The average molecular weight is 694 g/mol. The number of hydrogen-bond donors (Lipinski definition) is 0. The zero-order valence-electron chi connectivity index (χ0n) is 29.2. The number of fused-ring (bicyclic) bond motifs is 7. The molecule has 3 aromatic heterocycles. The average Bonchev–Trinajstić information content (AvgIpc) is 3.83. The largest absolute Gasteiger partial charge is 0.460 e. The van der Waals surface area contributed by atoms with Crippen LogP contribution in [0.3, 0.4) is 0 Å². The summed E-state index contributed by atoms with van der Waals surface area (Å²) in [6, 6.07) is 54.6. The van der Waals surface area contributed by atoms with Crippen molar-refractivity contribution in [3.63, 3.8) is 0 Å². The van der Waals surface area contributed by atoms with Crippen LogP contribution >= 0.6 is 0 Å². The molecule has 0 fully saturated rings. The first-order valence-corrected chi connectivity index (χ1v) is 18.3. The van der Waals surface area contributed by atoms with E-state index in [0.717, 1.165) is 90.5 Å². The number of aromatic nitrogens is 3. The van der Waals surface area contributed by atoms with Crippen LogP contribution in [0.15, 0.2) is 173 Å². The molecule has 0 radical (unpaired) electrons. The molecule has 1 aliphatic carbocycles. The third-order valence-electron chi connectivity index (χ3n) is 10.6. The Morgan fingerprint density at radius 1 is 0.426 bits per heavy atom. The number of rotatable bonds is 5. The van der Waals surface area contributed by atoms with Crippen LogP contribution < -0.4 is 0 Å². The quantitative estimate of drug-likeness (QED) is 0.179. The molecule has 11 rings (SSSR count). The molecule has 10 aromatic rings. The van der Waals surface area contributed by atoms with Gasteiger partial charge in [-0.15, -0.1) is 0 Å². The number of allylic oxidation sites excluding steroid dienone is 1. The molecular formula is C49H31N3O2. The molecule has 54 heavy (non-hydrogen) atoms. The molecule has 0 spiro atoms. The van der Waals surface area contributed by atoms with Crippen LogP contribution in [-0.2, 0) is 6.42 Å². The van der Waals surface area contributed by atoms with E-state index in [2.05, 4.69) is 127 Å². The molecule has 5 nitrogen and oxygen atoms in total. The maximum absolute atomic E-state index is 6.71. The van der Waals surface area contributed by atoms with Crippen LogP contribution in [0.25, 0.3) is 94.3 Å². The van der Waals surface area contributed by atoms with E-state index in [0.29, 0.717) is 17.5 Å². The predicted molar refractivity (Wildman–Crippen MR) is 218 cm³/mol. The number of aryl methyl sites for hydroxylation is 1. The van der Waals surface area contributed by atoms with Crippen LogP contribution in [0, 0.1) is 0 Å². The minimum Gasteiger partial charge on any atom is -0.460 e. The van der Waals surface area contributed by atoms with E-state index in [1.54, 1.807) is 0 Å². The highest BCUT2D eigenvalue weighted by Crippen LogP contribution is 2.43. The summed E-state index contributed by atoms with van der Waals surface area (Å²) < 4.78 is 13.0. The molecule has 0 amide bonds. The first kappa shape index (κ1) is 30.5. The molecule has 5 heteroatoms. The summed E-state index contributed by atoms with van der Waals surface area (Å²) in [6.45, 7) is 0. The van der Waals surface area contributed by atoms with Crippen LogP contribution in [0.5, 0.6) is 0 Å². The van der Waals surface area contributed by atoms with Gasteiger partial charge >= 0.3 is 0 Å². The highest BCUT2D eigenvalue weighted by molar-refractivity contribution is 6.12. The van der Waals surface area contributed by atoms with Crippen LogP contribution in [0.2, 0.25) is 0 Å². The molecule has 0 saturated carbocycles. The summed E-state index contributed by atoms with van der Waals surface area (Å²) in [5.41, 5.74) is 10.9. The number of para-hydroxylation sites is 2. The number of furan rings is 2. The third kappa shape index (κ3) is 4.90. The number of hydrogen-bond acceptors (Lipinski definition) is 5. The molecule has 254 valence electrons. The van der Waals surface area contributed by atoms with E-state index in [4.69, 9.17) is 23.8 Å². The minimum atomic E-state index is 0.594. The normalized spacial score (nSPS) is 12.8. The van der Waals surface area contributed by atoms with Gasteiger partial charge in [0.25, 0.3) is 0 Å². The Labute approximate surface area is 310 Å². The van der Waals surface area contributed by atoms with Gasteiger partial charge in [0.15, 0.2) is 17.5 Å². The van der Waals surface area contributed by atoms with Crippen molar-refractivity contribution < 1.29 is 8.83 Å². The molecule has 0 saturated heterocycles. The molecule has 1 aliphatic rings. The topological polar surface area (TPSA) is 65.0 Å². The van der Waals surface area contributed by atoms with E-state index >= 15 is 0 Å². The second-order valence-corrected chi connectivity index (χ2v) is 13.8. The molecule has 0 N–H and O–H groups in total. The van der Waals surface area contributed by atoms with Crippen molar-refractivity contribution in [2.24, 2.45) is 0 Å². The zero-order chi connectivity index (χ0) is 35.6. The molecule has 0 aliphatic heterocycles. The van der Waals surface area contributed by atoms with Crippen molar-refractivity contribution in [3.8, 4) is 45.0 Å². The fraction of sp³-hybridized carbons (Fsp3) is 0.0408. The molecule has 0 unspecified atom stereocenters. The van der Waals surface area contributed by atoms with E-state index in [1.807, 2.05) is 36.4 Å². The summed E-state index contributed by atoms with van der Waals surface area (Å²) in [6.07, 6.45) is 3.89. The molecule has 3 heterocycles. The van der Waals surface area contributed by atoms with Gasteiger partial charge in [0.2, 0.25) is 0 Å². The van der Waals surface area contributed by atoms with Gasteiger partial charge in [0.05, 0.1) is 0 Å². The smallest absolute Gasteiger partial charge is 0.164 e. The maximum Gasteiger partial charge on any atom is 0.164 e. The van der Waals surface area contributed by atoms with Gasteiger partial charge in [-0.3, -0.25) is 0 Å². The van der Waals surface area contributed by atoms with Crippen molar-refractivity contribution in [3.05, 3.63) is 181 Å². The van der Waals surface area contributed by atoms with E-state index < -0.39 is 0 Å². The van der Waals surface area contributed by atoms with Crippen molar-refractivity contribution in [2.75, 3.05) is 0 Å². The first-order chi connectivity index (χ1) is 26.8. The summed E-state index contributed by atoms with van der Waals surface area (Å²) in [5.74, 6) is 2.77. The molecule has 0 atom stereocenters. The summed E-state index contributed by atoms with van der Waals surface area (Å²) in [7, 11) is 0. The maximum atomic E-state index is 6.71. The number of nitrogens with zero attached hydrogens (tertiary/aromatic N) is 3. The SMILES string of the molecule is C1=C(c2nc(-c3ccc(-c4cccc5ccccc45)cc3)nc(-c3cccc4oc5ccccc5c34)n2)c2c(oc3c(-c4ccccc4)cccc23)CC1. The van der Waals surface area contributed by atoms with E-state index in [9.17, 15) is 0 Å². The lowest BCUT2D eigenvalue weighted by molar-refractivity contribution is 0.546. The molecule has 7 aromatic carbocycles. The Hall–Kier alpha value is -7.11. The van der Waals surface area contributed by atoms with Crippen molar-refractivity contribution >= 4 is 49.3 Å². The first-order valence-electron chi connectivity index (χ1n) is 18.3. The summed E-state index contributed by atoms with van der Waals surface area (Å²) >= 11 is 0. The second kappa shape index (κ2) is 12.2. The highest BCUT2D eigenvalue weighted by Gasteiger charge is 2.27. The Morgan fingerprint density at radius 2 is 1.06 bits per heavy atom. The van der Waals surface area contributed by atoms with Crippen molar-refractivity contribution in [1.29, 1.82) is 0 Å². The van der Waals surface area contributed by atoms with Gasteiger partial charge in [0, 0.05) is 50.4 Å². The van der Waals surface area contributed by atoms with Gasteiger partial charge in [-0.05, 0) is 46.0 Å². The Morgan fingerprint density at radius 3 is 1.96 bits per heavy atom. The lowest BCUT2D eigenvalue weighted by atomic mass is 9.92. The van der Waals surface area contributed by atoms with Gasteiger partial charge in [0.1, 0.15) is 22.5 Å². The lowest BCUT2D eigenvalue weighted by Crippen LogP contribution is -2.06.